The van der Waals surface area contributed by atoms with Crippen molar-refractivity contribution in [1.82, 2.24) is 14.5 Å². The molecule has 3 aromatic rings. The van der Waals surface area contributed by atoms with Crippen molar-refractivity contribution < 1.29 is 17.9 Å². The second-order valence-electron chi connectivity index (χ2n) is 11.9. The topological polar surface area (TPSA) is 107 Å². The number of benzene rings is 2. The summed E-state index contributed by atoms with van der Waals surface area (Å²) in [4.78, 5) is 23.0. The van der Waals surface area contributed by atoms with Gasteiger partial charge in [-0.2, -0.15) is 5.10 Å². The van der Waals surface area contributed by atoms with E-state index in [1.807, 2.05) is 86.6 Å². The fourth-order valence-corrected chi connectivity index (χ4v) is 5.26. The summed E-state index contributed by atoms with van der Waals surface area (Å²) >= 11 is 0. The number of ether oxygens (including phenoxy) is 1. The van der Waals surface area contributed by atoms with E-state index < -0.39 is 10.0 Å². The summed E-state index contributed by atoms with van der Waals surface area (Å²) in [7, 11) is -2.94. The zero-order valence-electron chi connectivity index (χ0n) is 25.3. The van der Waals surface area contributed by atoms with Crippen LogP contribution in [0.15, 0.2) is 59.5 Å². The Morgan fingerprint density at radius 1 is 1.00 bits per heavy atom. The summed E-state index contributed by atoms with van der Waals surface area (Å²) in [6.45, 7) is 16.8. The van der Waals surface area contributed by atoms with Crippen molar-refractivity contribution >= 4 is 26.8 Å². The Balaban J connectivity index is 0.000000237. The predicted octanol–water partition coefficient (Wildman–Crippen LogP) is 6.11. The van der Waals surface area contributed by atoms with Gasteiger partial charge in [0.15, 0.2) is 0 Å². The molecule has 0 spiro atoms. The van der Waals surface area contributed by atoms with Crippen molar-refractivity contribution in [2.45, 2.75) is 98.1 Å². The molecule has 1 heterocycles. The largest absolute Gasteiger partial charge is 0.460 e. The van der Waals surface area contributed by atoms with Crippen LogP contribution in [0.3, 0.4) is 0 Å². The fraction of sp³-hybridized carbons (Fsp3) is 0.516. The second-order valence-corrected chi connectivity index (χ2v) is 13.8. The first-order valence-electron chi connectivity index (χ1n) is 13.8. The van der Waals surface area contributed by atoms with Crippen molar-refractivity contribution in [3.05, 3.63) is 65.1 Å². The summed E-state index contributed by atoms with van der Waals surface area (Å²) in [6.07, 6.45) is 3.44. The van der Waals surface area contributed by atoms with Crippen molar-refractivity contribution in [3.8, 4) is 11.1 Å². The molecule has 0 unspecified atom stereocenters. The molecule has 40 heavy (non-hydrogen) atoms. The van der Waals surface area contributed by atoms with E-state index in [-0.39, 0.29) is 40.4 Å². The third kappa shape index (κ3) is 10.5. The summed E-state index contributed by atoms with van der Waals surface area (Å²) in [5, 5.41) is 6.48. The van der Waals surface area contributed by atoms with E-state index in [1.165, 1.54) is 4.68 Å². The zero-order valence-corrected chi connectivity index (χ0v) is 26.1. The van der Waals surface area contributed by atoms with Crippen LogP contribution < -0.4 is 10.3 Å². The Morgan fingerprint density at radius 3 is 2.08 bits per heavy atom. The lowest BCUT2D eigenvalue weighted by Gasteiger charge is -2.20. The van der Waals surface area contributed by atoms with E-state index in [0.717, 1.165) is 34.7 Å². The smallest absolute Gasteiger partial charge is 0.308 e. The lowest BCUT2D eigenvalue weighted by Crippen LogP contribution is -2.32. The number of fused-ring (bicyclic) bond motifs is 1. The molecular weight excluding hydrogens is 526 g/mol. The van der Waals surface area contributed by atoms with Gasteiger partial charge in [-0.25, -0.2) is 17.8 Å². The van der Waals surface area contributed by atoms with Crippen LogP contribution in [0.4, 0.5) is 0 Å². The van der Waals surface area contributed by atoms with Crippen LogP contribution in [-0.2, 0) is 19.6 Å². The Morgan fingerprint density at radius 2 is 1.60 bits per heavy atom. The zero-order chi connectivity index (χ0) is 30.3. The van der Waals surface area contributed by atoms with Gasteiger partial charge in [0.1, 0.15) is 5.60 Å². The molecule has 1 fully saturated rings. The van der Waals surface area contributed by atoms with Crippen LogP contribution in [0.1, 0.15) is 81.2 Å². The Hall–Kier alpha value is -3.04. The molecule has 9 heteroatoms. The molecule has 1 aliphatic rings. The van der Waals surface area contributed by atoms with Crippen molar-refractivity contribution in [2.75, 3.05) is 0 Å². The van der Waals surface area contributed by atoms with Gasteiger partial charge >= 0.3 is 5.97 Å². The van der Waals surface area contributed by atoms with E-state index in [4.69, 9.17) is 4.74 Å². The van der Waals surface area contributed by atoms with Crippen LogP contribution in [0, 0.1) is 5.92 Å². The summed E-state index contributed by atoms with van der Waals surface area (Å²) < 4.78 is 31.3. The molecule has 1 saturated carbocycles. The van der Waals surface area contributed by atoms with Gasteiger partial charge in [0.2, 0.25) is 10.0 Å². The molecule has 0 amide bonds. The van der Waals surface area contributed by atoms with Gasteiger partial charge in [0.05, 0.1) is 23.4 Å². The molecule has 4 rings (SSSR count). The van der Waals surface area contributed by atoms with Crippen molar-refractivity contribution in [1.29, 1.82) is 0 Å². The van der Waals surface area contributed by atoms with Gasteiger partial charge in [-0.3, -0.25) is 9.59 Å². The van der Waals surface area contributed by atoms with Crippen LogP contribution >= 0.6 is 0 Å². The maximum atomic E-state index is 12.1. The highest BCUT2D eigenvalue weighted by Crippen LogP contribution is 2.28. The van der Waals surface area contributed by atoms with Gasteiger partial charge in [0.25, 0.3) is 5.56 Å². The molecule has 0 atom stereocenters. The molecule has 8 nitrogen and oxygen atoms in total. The van der Waals surface area contributed by atoms with Gasteiger partial charge in [-0.15, -0.1) is 0 Å². The molecule has 2 aromatic carbocycles. The molecule has 0 aliphatic heterocycles. The number of rotatable bonds is 6. The summed E-state index contributed by atoms with van der Waals surface area (Å²) in [5.41, 5.74) is 1.50. The van der Waals surface area contributed by atoms with Crippen LogP contribution in [0.5, 0.6) is 0 Å². The van der Waals surface area contributed by atoms with Gasteiger partial charge in [-0.1, -0.05) is 56.3 Å². The predicted molar refractivity (Wildman–Crippen MR) is 163 cm³/mol. The van der Waals surface area contributed by atoms with Crippen LogP contribution in [0.2, 0.25) is 0 Å². The highest BCUT2D eigenvalue weighted by atomic mass is 32.2. The Kier molecular flexibility index (Phi) is 11.6. The summed E-state index contributed by atoms with van der Waals surface area (Å²) in [6, 6.07) is 16.0. The minimum Gasteiger partial charge on any atom is -0.460 e. The SMILES string of the molecule is CC(C)C(=O)OC(C)(C)C.CC(C)NS(=O)(=O)C1CC1.CC(C)n1ncc(-c2cccc3ccccc23)cc1=O. The highest BCUT2D eigenvalue weighted by molar-refractivity contribution is 7.90. The number of carbonyl (C=O) groups is 1. The molecule has 0 bridgehead atoms. The number of hydrogen-bond acceptors (Lipinski definition) is 6. The maximum absolute atomic E-state index is 12.1. The number of hydrogen-bond donors (Lipinski definition) is 1. The molecule has 1 aromatic heterocycles. The van der Waals surface area contributed by atoms with Crippen molar-refractivity contribution in [2.24, 2.45) is 5.92 Å². The highest BCUT2D eigenvalue weighted by Gasteiger charge is 2.35. The first-order valence-corrected chi connectivity index (χ1v) is 15.4. The number of nitrogens with zero attached hydrogens (tertiary/aromatic N) is 2. The molecular formula is C31H45N3O5S. The Bertz CT molecular complexity index is 1430. The lowest BCUT2D eigenvalue weighted by atomic mass is 10.00. The number of aromatic nitrogens is 2. The normalized spacial score (nSPS) is 13.5. The van der Waals surface area contributed by atoms with E-state index in [9.17, 15) is 18.0 Å². The van der Waals surface area contributed by atoms with E-state index in [1.54, 1.807) is 12.3 Å². The first kappa shape index (κ1) is 33.2. The fourth-order valence-electron chi connectivity index (χ4n) is 3.65. The molecule has 0 radical (unpaired) electrons. The van der Waals surface area contributed by atoms with Gasteiger partial charge in [-0.05, 0) is 77.6 Å². The monoisotopic (exact) mass is 571 g/mol. The lowest BCUT2D eigenvalue weighted by molar-refractivity contribution is -0.158. The Labute approximate surface area is 239 Å². The van der Waals surface area contributed by atoms with E-state index in [0.29, 0.717) is 0 Å². The van der Waals surface area contributed by atoms with E-state index >= 15 is 0 Å². The minimum absolute atomic E-state index is 0.0285. The molecule has 220 valence electrons. The standard InChI is InChI=1S/C17H16N2O.C8H16O2.C6H13NO2S/c1-12(2)19-17(20)10-14(11-18-19)16-9-5-7-13-6-3-4-8-15(13)16;1-6(2)7(9)10-8(3,4)5;1-5(2)7-10(8,9)6-3-4-6/h3-12H,1-2H3;6H,1-5H3;5-7H,3-4H2,1-2H3. The number of carbonyl (C=O) groups excluding carboxylic acids is 1. The van der Waals surface area contributed by atoms with Crippen LogP contribution in [0.25, 0.3) is 21.9 Å². The maximum Gasteiger partial charge on any atom is 0.308 e. The minimum atomic E-state index is -2.94. The number of esters is 1. The van der Waals surface area contributed by atoms with Crippen molar-refractivity contribution in [3.63, 3.8) is 0 Å². The molecule has 0 saturated heterocycles. The molecule has 1 N–H and O–H groups in total. The number of nitrogens with one attached hydrogen (secondary N) is 1. The molecule has 1 aliphatic carbocycles. The number of sulfonamides is 1. The van der Waals surface area contributed by atoms with Crippen LogP contribution in [-0.4, -0.2) is 41.1 Å². The first-order chi connectivity index (χ1) is 18.5. The third-order valence-electron chi connectivity index (χ3n) is 5.66. The second kappa shape index (κ2) is 14.0. The van der Waals surface area contributed by atoms with Gasteiger partial charge in [0, 0.05) is 17.7 Å². The average Bonchev–Trinajstić information content (AvgIpc) is 3.69. The summed E-state index contributed by atoms with van der Waals surface area (Å²) in [5.74, 6) is -0.160. The van der Waals surface area contributed by atoms with Gasteiger partial charge < -0.3 is 4.74 Å². The average molecular weight is 572 g/mol. The quantitative estimate of drug-likeness (QED) is 0.358. The van der Waals surface area contributed by atoms with E-state index in [2.05, 4.69) is 28.0 Å². The third-order valence-corrected chi connectivity index (χ3v) is 7.81.